The lowest BCUT2D eigenvalue weighted by Gasteiger charge is -2.26. The van der Waals surface area contributed by atoms with Gasteiger partial charge >= 0.3 is 0 Å². The van der Waals surface area contributed by atoms with Crippen molar-refractivity contribution in [1.82, 2.24) is 15.0 Å². The van der Waals surface area contributed by atoms with Crippen LogP contribution in [0.2, 0.25) is 0 Å². The SMILES string of the molecule is Cc1nc(-c2ccc(S(=O)(=O)Nc3cnc(N4CCOCC4)nc3)cc2)co1. The van der Waals surface area contributed by atoms with Gasteiger partial charge in [-0.1, -0.05) is 12.1 Å². The van der Waals surface area contributed by atoms with Gasteiger partial charge in [0.1, 0.15) is 12.0 Å². The van der Waals surface area contributed by atoms with Crippen LogP contribution < -0.4 is 9.62 Å². The van der Waals surface area contributed by atoms with Crippen LogP contribution in [-0.2, 0) is 14.8 Å². The quantitative estimate of drug-likeness (QED) is 0.692. The van der Waals surface area contributed by atoms with E-state index in [1.54, 1.807) is 19.1 Å². The summed E-state index contributed by atoms with van der Waals surface area (Å²) in [5.74, 6) is 1.10. The van der Waals surface area contributed by atoms with Crippen molar-refractivity contribution in [2.45, 2.75) is 11.8 Å². The van der Waals surface area contributed by atoms with Crippen molar-refractivity contribution in [3.8, 4) is 11.3 Å². The van der Waals surface area contributed by atoms with Crippen LogP contribution in [0.5, 0.6) is 0 Å². The number of anilines is 2. The first kappa shape index (κ1) is 18.4. The maximum Gasteiger partial charge on any atom is 0.261 e. The Morgan fingerprint density at radius 3 is 2.36 bits per heavy atom. The van der Waals surface area contributed by atoms with Crippen LogP contribution in [0.4, 0.5) is 11.6 Å². The van der Waals surface area contributed by atoms with Crippen LogP contribution in [0, 0.1) is 6.92 Å². The Kier molecular flexibility index (Phi) is 4.97. The van der Waals surface area contributed by atoms with E-state index >= 15 is 0 Å². The van der Waals surface area contributed by atoms with Crippen LogP contribution >= 0.6 is 0 Å². The van der Waals surface area contributed by atoms with Gasteiger partial charge in [0.2, 0.25) is 5.95 Å². The van der Waals surface area contributed by atoms with Gasteiger partial charge in [-0.3, -0.25) is 4.72 Å². The van der Waals surface area contributed by atoms with E-state index in [0.29, 0.717) is 49.5 Å². The summed E-state index contributed by atoms with van der Waals surface area (Å²) in [7, 11) is -3.75. The summed E-state index contributed by atoms with van der Waals surface area (Å²) < 4.78 is 38.2. The molecular formula is C18H19N5O4S. The topological polar surface area (TPSA) is 110 Å². The van der Waals surface area contributed by atoms with Crippen molar-refractivity contribution in [2.75, 3.05) is 35.9 Å². The van der Waals surface area contributed by atoms with E-state index in [1.807, 2.05) is 4.90 Å². The molecule has 0 spiro atoms. The minimum absolute atomic E-state index is 0.133. The maximum atomic E-state index is 12.6. The Morgan fingerprint density at radius 1 is 1.07 bits per heavy atom. The molecule has 0 unspecified atom stereocenters. The van der Waals surface area contributed by atoms with Crippen LogP contribution in [-0.4, -0.2) is 49.7 Å². The summed E-state index contributed by atoms with van der Waals surface area (Å²) in [4.78, 5) is 14.9. The number of sulfonamides is 1. The number of benzene rings is 1. The zero-order valence-corrected chi connectivity index (χ0v) is 16.0. The van der Waals surface area contributed by atoms with Gasteiger partial charge in [0.15, 0.2) is 5.89 Å². The molecule has 9 nitrogen and oxygen atoms in total. The van der Waals surface area contributed by atoms with Crippen LogP contribution in [0.25, 0.3) is 11.3 Å². The molecule has 0 bridgehead atoms. The number of oxazole rings is 1. The lowest BCUT2D eigenvalue weighted by atomic mass is 10.2. The summed E-state index contributed by atoms with van der Waals surface area (Å²) in [6.45, 7) is 4.42. The van der Waals surface area contributed by atoms with E-state index in [1.165, 1.54) is 30.8 Å². The zero-order chi connectivity index (χ0) is 19.6. The number of rotatable bonds is 5. The van der Waals surface area contributed by atoms with E-state index in [4.69, 9.17) is 9.15 Å². The monoisotopic (exact) mass is 401 g/mol. The number of hydrogen-bond acceptors (Lipinski definition) is 8. The molecule has 1 aromatic carbocycles. The summed E-state index contributed by atoms with van der Waals surface area (Å²) >= 11 is 0. The average Bonchev–Trinajstić information content (AvgIpc) is 3.15. The van der Waals surface area contributed by atoms with Gasteiger partial charge in [-0.25, -0.2) is 23.4 Å². The molecule has 10 heteroatoms. The van der Waals surface area contributed by atoms with Gasteiger partial charge in [-0.05, 0) is 12.1 Å². The number of hydrogen-bond donors (Lipinski definition) is 1. The van der Waals surface area contributed by atoms with E-state index in [9.17, 15) is 8.42 Å². The molecule has 0 aliphatic carbocycles. The van der Waals surface area contributed by atoms with E-state index < -0.39 is 10.0 Å². The van der Waals surface area contributed by atoms with Gasteiger partial charge in [0, 0.05) is 25.6 Å². The highest BCUT2D eigenvalue weighted by Crippen LogP contribution is 2.22. The Hall–Kier alpha value is -2.98. The molecule has 3 heterocycles. The Bertz CT molecular complexity index is 1040. The van der Waals surface area contributed by atoms with Crippen LogP contribution in [0.3, 0.4) is 0 Å². The highest BCUT2D eigenvalue weighted by Gasteiger charge is 2.17. The van der Waals surface area contributed by atoms with Crippen molar-refractivity contribution >= 4 is 21.7 Å². The average molecular weight is 401 g/mol. The van der Waals surface area contributed by atoms with Crippen molar-refractivity contribution < 1.29 is 17.6 Å². The molecule has 0 radical (unpaired) electrons. The standard InChI is InChI=1S/C18H19N5O4S/c1-13-21-17(12-27-13)14-2-4-16(5-3-14)28(24,25)22-15-10-19-18(20-11-15)23-6-8-26-9-7-23/h2-5,10-12,22H,6-9H2,1H3. The molecule has 28 heavy (non-hydrogen) atoms. The van der Waals surface area contributed by atoms with Crippen LogP contribution in [0.15, 0.2) is 52.2 Å². The first-order chi connectivity index (χ1) is 13.5. The zero-order valence-electron chi connectivity index (χ0n) is 15.2. The lowest BCUT2D eigenvalue weighted by Crippen LogP contribution is -2.37. The Balaban J connectivity index is 1.47. The molecule has 0 saturated carbocycles. The fourth-order valence-electron chi connectivity index (χ4n) is 2.82. The third kappa shape index (κ3) is 3.97. The van der Waals surface area contributed by atoms with Gasteiger partial charge < -0.3 is 14.1 Å². The summed E-state index contributed by atoms with van der Waals surface area (Å²) in [5, 5.41) is 0. The van der Waals surface area contributed by atoms with Gasteiger partial charge in [0.25, 0.3) is 10.0 Å². The third-order valence-electron chi connectivity index (χ3n) is 4.26. The second-order valence-corrected chi connectivity index (χ2v) is 7.94. The van der Waals surface area contributed by atoms with Crippen LogP contribution in [0.1, 0.15) is 5.89 Å². The van der Waals surface area contributed by atoms with Gasteiger partial charge in [0.05, 0.1) is 36.2 Å². The molecule has 3 aromatic rings. The highest BCUT2D eigenvalue weighted by atomic mass is 32.2. The van der Waals surface area contributed by atoms with Gasteiger partial charge in [-0.2, -0.15) is 0 Å². The second-order valence-electron chi connectivity index (χ2n) is 6.25. The summed E-state index contributed by atoms with van der Waals surface area (Å²) in [6.07, 6.45) is 4.45. The number of nitrogens with zero attached hydrogens (tertiary/aromatic N) is 4. The minimum atomic E-state index is -3.75. The molecule has 4 rings (SSSR count). The lowest BCUT2D eigenvalue weighted by molar-refractivity contribution is 0.122. The number of nitrogens with one attached hydrogen (secondary N) is 1. The highest BCUT2D eigenvalue weighted by molar-refractivity contribution is 7.92. The predicted molar refractivity (Wildman–Crippen MR) is 103 cm³/mol. The molecule has 1 fully saturated rings. The smallest absolute Gasteiger partial charge is 0.261 e. The molecule has 1 N–H and O–H groups in total. The maximum absolute atomic E-state index is 12.6. The molecule has 146 valence electrons. The number of morpholine rings is 1. The summed E-state index contributed by atoms with van der Waals surface area (Å²) in [6, 6.07) is 6.41. The van der Waals surface area contributed by atoms with E-state index in [2.05, 4.69) is 19.7 Å². The largest absolute Gasteiger partial charge is 0.449 e. The molecular weight excluding hydrogens is 382 g/mol. The number of ether oxygens (including phenoxy) is 1. The van der Waals surface area contributed by atoms with Gasteiger partial charge in [-0.15, -0.1) is 0 Å². The first-order valence-corrected chi connectivity index (χ1v) is 10.2. The second kappa shape index (κ2) is 7.56. The molecule has 1 aliphatic heterocycles. The number of aromatic nitrogens is 3. The molecule has 1 saturated heterocycles. The fraction of sp³-hybridized carbons (Fsp3) is 0.278. The molecule has 0 amide bonds. The van der Waals surface area contributed by atoms with Crippen molar-refractivity contribution in [1.29, 1.82) is 0 Å². The molecule has 2 aromatic heterocycles. The third-order valence-corrected chi connectivity index (χ3v) is 5.66. The van der Waals surface area contributed by atoms with Crippen molar-refractivity contribution in [2.24, 2.45) is 0 Å². The summed E-state index contributed by atoms with van der Waals surface area (Å²) in [5.41, 5.74) is 1.73. The fourth-order valence-corrected chi connectivity index (χ4v) is 3.84. The normalized spacial score (nSPS) is 14.8. The minimum Gasteiger partial charge on any atom is -0.449 e. The molecule has 1 aliphatic rings. The number of aryl methyl sites for hydroxylation is 1. The van der Waals surface area contributed by atoms with E-state index in [0.717, 1.165) is 5.56 Å². The molecule has 0 atom stereocenters. The Labute approximate surface area is 162 Å². The first-order valence-electron chi connectivity index (χ1n) is 8.71. The predicted octanol–water partition coefficient (Wildman–Crippen LogP) is 2.08. The van der Waals surface area contributed by atoms with E-state index in [-0.39, 0.29) is 4.90 Å². The Morgan fingerprint density at radius 2 is 1.75 bits per heavy atom. The van der Waals surface area contributed by atoms with Crippen molar-refractivity contribution in [3.63, 3.8) is 0 Å². The van der Waals surface area contributed by atoms with Crippen molar-refractivity contribution in [3.05, 3.63) is 48.8 Å².